The monoisotopic (exact) mass is 385 g/mol. The Morgan fingerprint density at radius 2 is 1.85 bits per heavy atom. The van der Waals surface area contributed by atoms with Gasteiger partial charge in [0.2, 0.25) is 0 Å². The number of anilines is 1. The standard InChI is InChI=1S/C20H16ClNO5/c21-15-3-1-2-4-16(15)26-12-14-6-8-18(27-14)20(23)22-13-5-7-17-19(11-13)25-10-9-24-17/h1-8,11H,9-10,12H2,(H,22,23). The summed E-state index contributed by atoms with van der Waals surface area (Å²) in [5.74, 6) is 2.15. The van der Waals surface area contributed by atoms with Crippen LogP contribution in [0.2, 0.25) is 5.02 Å². The molecule has 27 heavy (non-hydrogen) atoms. The fraction of sp³-hybridized carbons (Fsp3) is 0.150. The molecule has 0 atom stereocenters. The zero-order chi connectivity index (χ0) is 18.6. The van der Waals surface area contributed by atoms with Crippen LogP contribution in [0.15, 0.2) is 59.0 Å². The van der Waals surface area contributed by atoms with E-state index in [1.165, 1.54) is 0 Å². The summed E-state index contributed by atoms with van der Waals surface area (Å²) in [5, 5.41) is 3.29. The second-order valence-electron chi connectivity index (χ2n) is 5.80. The zero-order valence-electron chi connectivity index (χ0n) is 14.2. The Kier molecular flexibility index (Phi) is 4.89. The molecule has 3 aromatic rings. The minimum atomic E-state index is -0.365. The fourth-order valence-electron chi connectivity index (χ4n) is 2.60. The van der Waals surface area contributed by atoms with E-state index in [0.717, 1.165) is 0 Å². The summed E-state index contributed by atoms with van der Waals surface area (Å²) in [6.07, 6.45) is 0. The van der Waals surface area contributed by atoms with Gasteiger partial charge >= 0.3 is 0 Å². The van der Waals surface area contributed by atoms with E-state index in [4.69, 9.17) is 30.2 Å². The van der Waals surface area contributed by atoms with Crippen molar-refractivity contribution < 1.29 is 23.4 Å². The highest BCUT2D eigenvalue weighted by Crippen LogP contribution is 2.32. The smallest absolute Gasteiger partial charge is 0.291 e. The van der Waals surface area contributed by atoms with Crippen molar-refractivity contribution in [2.45, 2.75) is 6.61 Å². The average molecular weight is 386 g/mol. The molecular weight excluding hydrogens is 370 g/mol. The van der Waals surface area contributed by atoms with E-state index < -0.39 is 0 Å². The number of hydrogen-bond donors (Lipinski definition) is 1. The number of nitrogens with one attached hydrogen (secondary N) is 1. The summed E-state index contributed by atoms with van der Waals surface area (Å²) in [4.78, 5) is 12.4. The van der Waals surface area contributed by atoms with Crippen molar-refractivity contribution in [3.63, 3.8) is 0 Å². The first-order chi connectivity index (χ1) is 13.2. The minimum Gasteiger partial charge on any atom is -0.486 e. The second kappa shape index (κ2) is 7.63. The lowest BCUT2D eigenvalue weighted by atomic mass is 10.2. The number of carbonyl (C=O) groups is 1. The van der Waals surface area contributed by atoms with Crippen LogP contribution in [-0.4, -0.2) is 19.1 Å². The van der Waals surface area contributed by atoms with Gasteiger partial charge in [0.25, 0.3) is 5.91 Å². The molecule has 0 bridgehead atoms. The molecular formula is C20H16ClNO5. The van der Waals surface area contributed by atoms with Crippen LogP contribution in [-0.2, 0) is 6.61 Å². The van der Waals surface area contributed by atoms with Crippen LogP contribution in [0, 0.1) is 0 Å². The third-order valence-electron chi connectivity index (χ3n) is 3.89. The topological polar surface area (TPSA) is 69.9 Å². The summed E-state index contributed by atoms with van der Waals surface area (Å²) in [6.45, 7) is 1.17. The Morgan fingerprint density at radius 1 is 1.04 bits per heavy atom. The third-order valence-corrected chi connectivity index (χ3v) is 4.20. The molecule has 4 rings (SSSR count). The predicted molar refractivity (Wildman–Crippen MR) is 99.9 cm³/mol. The van der Waals surface area contributed by atoms with Gasteiger partial charge in [0.1, 0.15) is 31.3 Å². The summed E-state index contributed by atoms with van der Waals surface area (Å²) in [6, 6.07) is 15.7. The van der Waals surface area contributed by atoms with E-state index in [9.17, 15) is 4.79 Å². The number of rotatable bonds is 5. The van der Waals surface area contributed by atoms with E-state index in [1.807, 2.05) is 12.1 Å². The normalized spacial score (nSPS) is 12.5. The molecule has 0 saturated heterocycles. The number of hydrogen-bond acceptors (Lipinski definition) is 5. The Labute approximate surface area is 160 Å². The van der Waals surface area contributed by atoms with E-state index in [1.54, 1.807) is 42.5 Å². The summed E-state index contributed by atoms with van der Waals surface area (Å²) in [7, 11) is 0. The van der Waals surface area contributed by atoms with Crippen LogP contribution < -0.4 is 19.5 Å². The third kappa shape index (κ3) is 4.01. The lowest BCUT2D eigenvalue weighted by molar-refractivity contribution is 0.0992. The van der Waals surface area contributed by atoms with Gasteiger partial charge in [-0.1, -0.05) is 23.7 Å². The van der Waals surface area contributed by atoms with Gasteiger partial charge in [-0.2, -0.15) is 0 Å². The minimum absolute atomic E-state index is 0.168. The van der Waals surface area contributed by atoms with Crippen molar-refractivity contribution >= 4 is 23.2 Å². The van der Waals surface area contributed by atoms with Crippen molar-refractivity contribution in [1.82, 2.24) is 0 Å². The van der Waals surface area contributed by atoms with Crippen LogP contribution >= 0.6 is 11.6 Å². The number of furan rings is 1. The molecule has 2 aromatic carbocycles. The maximum Gasteiger partial charge on any atom is 0.291 e. The molecule has 0 radical (unpaired) electrons. The van der Waals surface area contributed by atoms with Gasteiger partial charge in [-0.15, -0.1) is 0 Å². The van der Waals surface area contributed by atoms with Crippen molar-refractivity contribution in [3.05, 3.63) is 71.1 Å². The molecule has 0 unspecified atom stereocenters. The van der Waals surface area contributed by atoms with Gasteiger partial charge in [0.05, 0.1) is 5.02 Å². The Morgan fingerprint density at radius 3 is 2.70 bits per heavy atom. The molecule has 7 heteroatoms. The van der Waals surface area contributed by atoms with Crippen LogP contribution in [0.4, 0.5) is 5.69 Å². The highest BCUT2D eigenvalue weighted by Gasteiger charge is 2.15. The number of carbonyl (C=O) groups excluding carboxylic acids is 1. The number of amides is 1. The Hall–Kier alpha value is -3.12. The maximum absolute atomic E-state index is 12.4. The number of halogens is 1. The SMILES string of the molecule is O=C(Nc1ccc2c(c1)OCCO2)c1ccc(COc2ccccc2Cl)o1. The molecule has 1 aliphatic heterocycles. The molecule has 1 N–H and O–H groups in total. The largest absolute Gasteiger partial charge is 0.486 e. The molecule has 0 spiro atoms. The van der Waals surface area contributed by atoms with Crippen molar-refractivity contribution in [2.75, 3.05) is 18.5 Å². The lowest BCUT2D eigenvalue weighted by Gasteiger charge is -2.18. The molecule has 1 amide bonds. The van der Waals surface area contributed by atoms with Gasteiger partial charge in [-0.25, -0.2) is 0 Å². The average Bonchev–Trinajstić information content (AvgIpc) is 3.16. The van der Waals surface area contributed by atoms with E-state index in [0.29, 0.717) is 46.9 Å². The number of ether oxygens (including phenoxy) is 3. The summed E-state index contributed by atoms with van der Waals surface area (Å²) in [5.41, 5.74) is 0.592. The van der Waals surface area contributed by atoms with Crippen LogP contribution in [0.1, 0.15) is 16.3 Å². The second-order valence-corrected chi connectivity index (χ2v) is 6.20. The molecule has 1 aromatic heterocycles. The predicted octanol–water partition coefficient (Wildman–Crippen LogP) is 4.54. The van der Waals surface area contributed by atoms with Gasteiger partial charge in [0.15, 0.2) is 17.3 Å². The molecule has 2 heterocycles. The highest BCUT2D eigenvalue weighted by atomic mass is 35.5. The summed E-state index contributed by atoms with van der Waals surface area (Å²) < 4.78 is 22.1. The quantitative estimate of drug-likeness (QED) is 0.698. The number of benzene rings is 2. The summed E-state index contributed by atoms with van der Waals surface area (Å²) >= 11 is 6.05. The first-order valence-electron chi connectivity index (χ1n) is 8.36. The molecule has 6 nitrogen and oxygen atoms in total. The molecule has 0 fully saturated rings. The van der Waals surface area contributed by atoms with Crippen molar-refractivity contribution in [3.8, 4) is 17.2 Å². The van der Waals surface area contributed by atoms with E-state index >= 15 is 0 Å². The van der Waals surface area contributed by atoms with Gasteiger partial charge in [-0.3, -0.25) is 4.79 Å². The molecule has 0 aliphatic carbocycles. The highest BCUT2D eigenvalue weighted by molar-refractivity contribution is 6.32. The van der Waals surface area contributed by atoms with Crippen molar-refractivity contribution in [1.29, 1.82) is 0 Å². The van der Waals surface area contributed by atoms with Crippen LogP contribution in [0.25, 0.3) is 0 Å². The lowest BCUT2D eigenvalue weighted by Crippen LogP contribution is -2.16. The van der Waals surface area contributed by atoms with E-state index in [2.05, 4.69) is 5.32 Å². The van der Waals surface area contributed by atoms with Gasteiger partial charge in [-0.05, 0) is 36.4 Å². The Bertz CT molecular complexity index is 969. The Balaban J connectivity index is 1.39. The molecule has 138 valence electrons. The van der Waals surface area contributed by atoms with Crippen molar-refractivity contribution in [2.24, 2.45) is 0 Å². The maximum atomic E-state index is 12.4. The first-order valence-corrected chi connectivity index (χ1v) is 8.74. The van der Waals surface area contributed by atoms with Gasteiger partial charge in [0, 0.05) is 11.8 Å². The molecule has 0 saturated carbocycles. The zero-order valence-corrected chi connectivity index (χ0v) is 15.0. The van der Waals surface area contributed by atoms with Gasteiger partial charge < -0.3 is 23.9 Å². The number of para-hydroxylation sites is 1. The molecule has 1 aliphatic rings. The fourth-order valence-corrected chi connectivity index (χ4v) is 2.79. The number of fused-ring (bicyclic) bond motifs is 1. The van der Waals surface area contributed by atoms with E-state index in [-0.39, 0.29) is 18.3 Å². The van der Waals surface area contributed by atoms with Crippen LogP contribution in [0.5, 0.6) is 17.2 Å². The van der Waals surface area contributed by atoms with Crippen LogP contribution in [0.3, 0.4) is 0 Å². The first kappa shape index (κ1) is 17.3.